The standard InChI is InChI=1S/C14H21N3O4/c15-14(20)17-7-5-16(6-8-17)9-12(19)10-21-13-3-1-11(18)2-4-13/h1-4,12,18-19H,5-10H2,(H2,15,20). The van der Waals surface area contributed by atoms with Crippen LogP contribution in [0.1, 0.15) is 0 Å². The number of nitrogens with two attached hydrogens (primary N) is 1. The van der Waals surface area contributed by atoms with Gasteiger partial charge in [-0.2, -0.15) is 0 Å². The maximum absolute atomic E-state index is 11.0. The van der Waals surface area contributed by atoms with Crippen molar-refractivity contribution in [2.45, 2.75) is 6.10 Å². The van der Waals surface area contributed by atoms with Crippen molar-refractivity contribution in [1.29, 1.82) is 0 Å². The van der Waals surface area contributed by atoms with Gasteiger partial charge in [-0.15, -0.1) is 0 Å². The summed E-state index contributed by atoms with van der Waals surface area (Å²) in [5.41, 5.74) is 5.22. The number of carbonyl (C=O) groups excluding carboxylic acids is 1. The molecule has 1 aliphatic rings. The first-order chi connectivity index (χ1) is 10.0. The highest BCUT2D eigenvalue weighted by Crippen LogP contribution is 2.16. The van der Waals surface area contributed by atoms with Gasteiger partial charge in [-0.1, -0.05) is 0 Å². The van der Waals surface area contributed by atoms with Crippen LogP contribution in [0, 0.1) is 0 Å². The average Bonchev–Trinajstić information content (AvgIpc) is 2.47. The molecule has 0 spiro atoms. The topological polar surface area (TPSA) is 99.3 Å². The molecule has 7 heteroatoms. The van der Waals surface area contributed by atoms with Crippen LogP contribution < -0.4 is 10.5 Å². The van der Waals surface area contributed by atoms with Crippen LogP contribution in [-0.4, -0.2) is 71.5 Å². The van der Waals surface area contributed by atoms with Crippen LogP contribution in [0.3, 0.4) is 0 Å². The summed E-state index contributed by atoms with van der Waals surface area (Å²) in [5.74, 6) is 0.778. The van der Waals surface area contributed by atoms with E-state index in [1.54, 1.807) is 17.0 Å². The number of benzene rings is 1. The Kier molecular flexibility index (Phi) is 5.24. The van der Waals surface area contributed by atoms with Gasteiger partial charge in [0.1, 0.15) is 24.2 Å². The van der Waals surface area contributed by atoms with Crippen molar-refractivity contribution in [2.24, 2.45) is 5.73 Å². The van der Waals surface area contributed by atoms with Crippen LogP contribution in [0.5, 0.6) is 11.5 Å². The molecule has 0 bridgehead atoms. The number of urea groups is 1. The number of ether oxygens (including phenoxy) is 1. The van der Waals surface area contributed by atoms with Crippen molar-refractivity contribution in [3.8, 4) is 11.5 Å². The van der Waals surface area contributed by atoms with E-state index in [-0.39, 0.29) is 12.4 Å². The second kappa shape index (κ2) is 7.14. The van der Waals surface area contributed by atoms with E-state index in [2.05, 4.69) is 4.90 Å². The number of hydrogen-bond acceptors (Lipinski definition) is 5. The van der Waals surface area contributed by atoms with Crippen molar-refractivity contribution in [3.63, 3.8) is 0 Å². The van der Waals surface area contributed by atoms with E-state index in [1.807, 2.05) is 0 Å². The maximum Gasteiger partial charge on any atom is 0.314 e. The Morgan fingerprint density at radius 3 is 2.43 bits per heavy atom. The van der Waals surface area contributed by atoms with Gasteiger partial charge in [0.05, 0.1) is 0 Å². The normalized spacial score (nSPS) is 17.5. The van der Waals surface area contributed by atoms with Gasteiger partial charge in [-0.3, -0.25) is 4.90 Å². The summed E-state index contributed by atoms with van der Waals surface area (Å²) in [6.07, 6.45) is -0.612. The average molecular weight is 295 g/mol. The SMILES string of the molecule is NC(=O)N1CCN(CC(O)COc2ccc(O)cc2)CC1. The molecule has 1 fully saturated rings. The minimum Gasteiger partial charge on any atom is -0.508 e. The summed E-state index contributed by atoms with van der Waals surface area (Å²) in [6.45, 7) is 3.23. The van der Waals surface area contributed by atoms with Gasteiger partial charge in [0.25, 0.3) is 0 Å². The summed E-state index contributed by atoms with van der Waals surface area (Å²) >= 11 is 0. The lowest BCUT2D eigenvalue weighted by atomic mass is 10.2. The van der Waals surface area contributed by atoms with Gasteiger partial charge in [0.15, 0.2) is 0 Å². The number of amides is 2. The van der Waals surface area contributed by atoms with Crippen molar-refractivity contribution in [2.75, 3.05) is 39.3 Å². The monoisotopic (exact) mass is 295 g/mol. The summed E-state index contributed by atoms with van der Waals surface area (Å²) in [4.78, 5) is 14.7. The molecule has 1 heterocycles. The zero-order chi connectivity index (χ0) is 15.2. The number of aliphatic hydroxyl groups excluding tert-OH is 1. The zero-order valence-corrected chi connectivity index (χ0v) is 11.8. The predicted octanol–water partition coefficient (Wildman–Crippen LogP) is -0.172. The second-order valence-corrected chi connectivity index (χ2v) is 5.08. The van der Waals surface area contributed by atoms with Crippen molar-refractivity contribution >= 4 is 6.03 Å². The molecule has 0 saturated carbocycles. The number of aliphatic hydroxyl groups is 1. The number of β-amino-alcohol motifs (C(OH)–C–C–N with tert-alkyl or cyclic N) is 1. The Morgan fingerprint density at radius 1 is 1.24 bits per heavy atom. The first-order valence-corrected chi connectivity index (χ1v) is 6.91. The van der Waals surface area contributed by atoms with Crippen molar-refractivity contribution in [1.82, 2.24) is 9.80 Å². The van der Waals surface area contributed by atoms with Gasteiger partial charge in [0, 0.05) is 32.7 Å². The highest BCUT2D eigenvalue weighted by Gasteiger charge is 2.21. The molecule has 1 unspecified atom stereocenters. The Hall–Kier alpha value is -1.99. The first kappa shape index (κ1) is 15.4. The van der Waals surface area contributed by atoms with E-state index < -0.39 is 12.1 Å². The number of rotatable bonds is 5. The minimum atomic E-state index is -0.612. The summed E-state index contributed by atoms with van der Waals surface area (Å²) in [6, 6.07) is 5.96. The van der Waals surface area contributed by atoms with Gasteiger partial charge in [-0.25, -0.2) is 4.79 Å². The van der Waals surface area contributed by atoms with Crippen LogP contribution in [0.25, 0.3) is 0 Å². The lowest BCUT2D eigenvalue weighted by Crippen LogP contribution is -2.52. The molecule has 0 radical (unpaired) electrons. The molecule has 0 aromatic heterocycles. The fourth-order valence-corrected chi connectivity index (χ4v) is 2.24. The molecular weight excluding hydrogens is 274 g/mol. The first-order valence-electron chi connectivity index (χ1n) is 6.91. The third-order valence-corrected chi connectivity index (χ3v) is 3.43. The number of carbonyl (C=O) groups is 1. The smallest absolute Gasteiger partial charge is 0.314 e. The minimum absolute atomic E-state index is 0.176. The van der Waals surface area contributed by atoms with Crippen LogP contribution in [-0.2, 0) is 0 Å². The Labute approximate surface area is 123 Å². The lowest BCUT2D eigenvalue weighted by molar-refractivity contribution is 0.0522. The molecule has 0 aliphatic carbocycles. The molecule has 116 valence electrons. The molecule has 1 aliphatic heterocycles. The molecule has 1 aromatic rings. The molecular formula is C14H21N3O4. The Bertz CT molecular complexity index is 458. The van der Waals surface area contributed by atoms with Crippen LogP contribution in [0.15, 0.2) is 24.3 Å². The number of phenolic OH excluding ortho intramolecular Hbond substituents is 1. The van der Waals surface area contributed by atoms with Crippen LogP contribution in [0.2, 0.25) is 0 Å². The van der Waals surface area contributed by atoms with Gasteiger partial charge >= 0.3 is 6.03 Å². The molecule has 1 saturated heterocycles. The van der Waals surface area contributed by atoms with E-state index >= 15 is 0 Å². The summed E-state index contributed by atoms with van der Waals surface area (Å²) < 4.78 is 5.45. The fraction of sp³-hybridized carbons (Fsp3) is 0.500. The number of primary amides is 1. The van der Waals surface area contributed by atoms with E-state index in [0.29, 0.717) is 38.5 Å². The fourth-order valence-electron chi connectivity index (χ4n) is 2.24. The molecule has 21 heavy (non-hydrogen) atoms. The largest absolute Gasteiger partial charge is 0.508 e. The number of nitrogens with zero attached hydrogens (tertiary/aromatic N) is 2. The molecule has 4 N–H and O–H groups in total. The van der Waals surface area contributed by atoms with Gasteiger partial charge in [0.2, 0.25) is 0 Å². The number of hydrogen-bond donors (Lipinski definition) is 3. The third kappa shape index (κ3) is 4.80. The van der Waals surface area contributed by atoms with Crippen LogP contribution in [0.4, 0.5) is 4.79 Å². The maximum atomic E-state index is 11.0. The molecule has 7 nitrogen and oxygen atoms in total. The van der Waals surface area contributed by atoms with E-state index in [9.17, 15) is 9.90 Å². The third-order valence-electron chi connectivity index (χ3n) is 3.43. The molecule has 2 rings (SSSR count). The summed E-state index contributed by atoms with van der Waals surface area (Å²) in [5, 5.41) is 19.1. The predicted molar refractivity (Wildman–Crippen MR) is 77.2 cm³/mol. The highest BCUT2D eigenvalue weighted by atomic mass is 16.5. The quantitative estimate of drug-likeness (QED) is 0.700. The number of phenols is 1. The molecule has 2 amide bonds. The second-order valence-electron chi connectivity index (χ2n) is 5.08. The number of piperazine rings is 1. The Morgan fingerprint density at radius 2 is 1.86 bits per heavy atom. The highest BCUT2D eigenvalue weighted by molar-refractivity contribution is 5.72. The zero-order valence-electron chi connectivity index (χ0n) is 11.8. The van der Waals surface area contributed by atoms with Gasteiger partial charge < -0.3 is 25.6 Å². The van der Waals surface area contributed by atoms with E-state index in [0.717, 1.165) is 0 Å². The Balaban J connectivity index is 1.69. The van der Waals surface area contributed by atoms with E-state index in [1.165, 1.54) is 12.1 Å². The molecule has 1 aromatic carbocycles. The lowest BCUT2D eigenvalue weighted by Gasteiger charge is -2.34. The van der Waals surface area contributed by atoms with Crippen molar-refractivity contribution in [3.05, 3.63) is 24.3 Å². The summed E-state index contributed by atoms with van der Waals surface area (Å²) in [7, 11) is 0. The molecule has 1 atom stereocenters. The van der Waals surface area contributed by atoms with Crippen LogP contribution >= 0.6 is 0 Å². The number of aromatic hydroxyl groups is 1. The van der Waals surface area contributed by atoms with Crippen molar-refractivity contribution < 1.29 is 19.7 Å². The van der Waals surface area contributed by atoms with E-state index in [4.69, 9.17) is 15.6 Å². The van der Waals surface area contributed by atoms with Gasteiger partial charge in [-0.05, 0) is 24.3 Å².